The molecule has 2 fully saturated rings. The number of rotatable bonds is 6. The van der Waals surface area contributed by atoms with E-state index in [1.165, 1.54) is 12.1 Å². The van der Waals surface area contributed by atoms with Crippen molar-refractivity contribution in [3.63, 3.8) is 0 Å². The highest BCUT2D eigenvalue weighted by molar-refractivity contribution is 6.31. The molecule has 5 nitrogen and oxygen atoms in total. The number of benzene rings is 2. The minimum Gasteiger partial charge on any atom is -0.484 e. The van der Waals surface area contributed by atoms with E-state index in [-0.39, 0.29) is 25.2 Å². The lowest BCUT2D eigenvalue weighted by atomic mass is 9.78. The topological polar surface area (TPSA) is 68.2 Å². The molecular weight excluding hydrogens is 461 g/mol. The molecule has 0 spiro atoms. The van der Waals surface area contributed by atoms with Gasteiger partial charge in [0.25, 0.3) is 0 Å². The van der Waals surface area contributed by atoms with Crippen molar-refractivity contribution in [3.05, 3.63) is 64.2 Å². The van der Waals surface area contributed by atoms with Gasteiger partial charge in [0, 0.05) is 23.4 Å². The number of alkyl halides is 3. The lowest BCUT2D eigenvalue weighted by molar-refractivity contribution is -0.274. The summed E-state index contributed by atoms with van der Waals surface area (Å²) in [6.07, 6.45) is -4.21. The third-order valence-corrected chi connectivity index (χ3v) is 6.66. The summed E-state index contributed by atoms with van der Waals surface area (Å²) < 4.78 is 54.1. The van der Waals surface area contributed by atoms with E-state index >= 15 is 0 Å². The lowest BCUT2D eigenvalue weighted by Crippen LogP contribution is -2.57. The van der Waals surface area contributed by atoms with Gasteiger partial charge in [-0.2, -0.15) is 13.2 Å². The summed E-state index contributed by atoms with van der Waals surface area (Å²) in [7, 11) is 0. The van der Waals surface area contributed by atoms with Gasteiger partial charge in [-0.1, -0.05) is 29.8 Å². The predicted molar refractivity (Wildman–Crippen MR) is 115 cm³/mol. The molecule has 0 saturated carbocycles. The fraction of sp³-hybridized carbons (Fsp3) is 0.500. The Morgan fingerprint density at radius 3 is 2.45 bits per heavy atom. The molecule has 2 N–H and O–H groups in total. The predicted octanol–water partition coefficient (Wildman–Crippen LogP) is 4.74. The molecule has 2 heterocycles. The SMILES string of the molecule is CC(C)(O)[C@]12CO[C@](c3ccc(Cl)c(Cc4ccc(OCC(F)(F)F)cc4)c3)(CC(O)C1)O2. The number of aliphatic hydroxyl groups is 2. The second-order valence-corrected chi connectivity index (χ2v) is 9.70. The van der Waals surface area contributed by atoms with Crippen LogP contribution in [0.1, 0.15) is 43.4 Å². The first-order valence-corrected chi connectivity index (χ1v) is 11.0. The Bertz CT molecular complexity index is 1000. The maximum absolute atomic E-state index is 12.3. The molecule has 2 aromatic carbocycles. The van der Waals surface area contributed by atoms with E-state index in [4.69, 9.17) is 25.8 Å². The fourth-order valence-corrected chi connectivity index (χ4v) is 4.60. The lowest BCUT2D eigenvalue weighted by Gasteiger charge is -2.45. The third-order valence-electron chi connectivity index (χ3n) is 6.29. The number of hydrogen-bond donors (Lipinski definition) is 2. The Labute approximate surface area is 195 Å². The van der Waals surface area contributed by atoms with E-state index in [0.717, 1.165) is 11.1 Å². The van der Waals surface area contributed by atoms with Crippen LogP contribution in [-0.2, 0) is 21.7 Å². The summed E-state index contributed by atoms with van der Waals surface area (Å²) in [4.78, 5) is 0. The number of halogens is 4. The largest absolute Gasteiger partial charge is 0.484 e. The van der Waals surface area contributed by atoms with Crippen LogP contribution in [0.5, 0.6) is 5.75 Å². The molecule has 0 aliphatic carbocycles. The standard InChI is InChI=1S/C24H26ClF3O5/c1-21(2,30)22-11-18(29)12-23(33-22,32-13-22)17-5-8-20(25)16(10-17)9-15-3-6-19(7-4-15)31-14-24(26,27)28/h3-8,10,18,29-30H,9,11-14H2,1-2H3/t18?,22-,23-/m1/s1. The van der Waals surface area contributed by atoms with Crippen molar-refractivity contribution in [1.29, 1.82) is 0 Å². The van der Waals surface area contributed by atoms with Gasteiger partial charge in [0.2, 0.25) is 0 Å². The average Bonchev–Trinajstić information content (AvgIpc) is 3.01. The molecule has 2 aromatic rings. The van der Waals surface area contributed by atoms with Crippen LogP contribution in [0.3, 0.4) is 0 Å². The number of fused-ring (bicyclic) bond motifs is 2. The van der Waals surface area contributed by atoms with Crippen LogP contribution < -0.4 is 4.74 Å². The highest BCUT2D eigenvalue weighted by Crippen LogP contribution is 2.53. The zero-order chi connectivity index (χ0) is 24.1. The number of aliphatic hydroxyl groups excluding tert-OH is 1. The molecule has 9 heteroatoms. The van der Waals surface area contributed by atoms with Crippen LogP contribution in [0.4, 0.5) is 13.2 Å². The summed E-state index contributed by atoms with van der Waals surface area (Å²) in [5.41, 5.74) is 0.0176. The summed E-state index contributed by atoms with van der Waals surface area (Å²) in [6, 6.07) is 11.7. The molecule has 3 atom stereocenters. The van der Waals surface area contributed by atoms with E-state index in [0.29, 0.717) is 17.0 Å². The molecule has 0 radical (unpaired) electrons. The monoisotopic (exact) mass is 486 g/mol. The maximum atomic E-state index is 12.3. The normalized spacial score (nSPS) is 27.6. The second kappa shape index (κ2) is 8.43. The van der Waals surface area contributed by atoms with Gasteiger partial charge < -0.3 is 24.4 Å². The van der Waals surface area contributed by atoms with Crippen LogP contribution in [-0.4, -0.2) is 46.9 Å². The highest BCUT2D eigenvalue weighted by Gasteiger charge is 2.62. The Balaban J connectivity index is 1.55. The minimum atomic E-state index is -4.40. The van der Waals surface area contributed by atoms with Crippen LogP contribution in [0.15, 0.2) is 42.5 Å². The van der Waals surface area contributed by atoms with Crippen molar-refractivity contribution in [2.45, 2.75) is 62.4 Å². The molecule has 180 valence electrons. The van der Waals surface area contributed by atoms with Crippen molar-refractivity contribution in [2.24, 2.45) is 0 Å². The fourth-order valence-electron chi connectivity index (χ4n) is 4.42. The quantitative estimate of drug-likeness (QED) is 0.617. The van der Waals surface area contributed by atoms with Gasteiger partial charge in [0.1, 0.15) is 11.4 Å². The molecule has 2 aliphatic heterocycles. The van der Waals surface area contributed by atoms with Gasteiger partial charge in [0.15, 0.2) is 12.4 Å². The van der Waals surface area contributed by atoms with E-state index in [1.54, 1.807) is 38.1 Å². The van der Waals surface area contributed by atoms with E-state index in [9.17, 15) is 23.4 Å². The third kappa shape index (κ3) is 5.00. The van der Waals surface area contributed by atoms with Crippen LogP contribution in [0.25, 0.3) is 0 Å². The minimum absolute atomic E-state index is 0.127. The molecule has 33 heavy (non-hydrogen) atoms. The summed E-state index contributed by atoms with van der Waals surface area (Å²) in [6.45, 7) is 2.07. The summed E-state index contributed by atoms with van der Waals surface area (Å²) in [5.74, 6) is -1.08. The van der Waals surface area contributed by atoms with E-state index in [2.05, 4.69) is 0 Å². The molecular formula is C24H26ClF3O5. The molecule has 0 amide bonds. The van der Waals surface area contributed by atoms with Crippen molar-refractivity contribution in [2.75, 3.05) is 13.2 Å². The Morgan fingerprint density at radius 1 is 1.12 bits per heavy atom. The van der Waals surface area contributed by atoms with Crippen molar-refractivity contribution in [1.82, 2.24) is 0 Å². The highest BCUT2D eigenvalue weighted by atomic mass is 35.5. The molecule has 2 aliphatic rings. The van der Waals surface area contributed by atoms with Gasteiger partial charge in [-0.05, 0) is 55.7 Å². The zero-order valence-electron chi connectivity index (χ0n) is 18.3. The summed E-state index contributed by atoms with van der Waals surface area (Å²) in [5, 5.41) is 21.7. The molecule has 0 aromatic heterocycles. The van der Waals surface area contributed by atoms with Crippen LogP contribution >= 0.6 is 11.6 Å². The molecule has 4 rings (SSSR count). The molecule has 2 saturated heterocycles. The van der Waals surface area contributed by atoms with Crippen molar-refractivity contribution in [3.8, 4) is 5.75 Å². The Kier molecular flexibility index (Phi) is 6.20. The Morgan fingerprint density at radius 2 is 1.82 bits per heavy atom. The zero-order valence-corrected chi connectivity index (χ0v) is 19.0. The summed E-state index contributed by atoms with van der Waals surface area (Å²) >= 11 is 6.42. The van der Waals surface area contributed by atoms with Crippen LogP contribution in [0.2, 0.25) is 5.02 Å². The number of ether oxygens (including phenoxy) is 3. The first kappa shape index (κ1) is 24.3. The van der Waals surface area contributed by atoms with Crippen molar-refractivity contribution < 1.29 is 37.6 Å². The van der Waals surface area contributed by atoms with Gasteiger partial charge in [-0.3, -0.25) is 0 Å². The van der Waals surface area contributed by atoms with Gasteiger partial charge >= 0.3 is 6.18 Å². The van der Waals surface area contributed by atoms with Gasteiger partial charge in [-0.15, -0.1) is 0 Å². The first-order chi connectivity index (χ1) is 15.3. The van der Waals surface area contributed by atoms with E-state index < -0.39 is 35.9 Å². The molecule has 1 unspecified atom stereocenters. The Hall–Kier alpha value is -1.84. The first-order valence-electron chi connectivity index (χ1n) is 10.6. The van der Waals surface area contributed by atoms with E-state index in [1.807, 2.05) is 6.07 Å². The second-order valence-electron chi connectivity index (χ2n) is 9.29. The van der Waals surface area contributed by atoms with Crippen molar-refractivity contribution >= 4 is 11.6 Å². The average molecular weight is 487 g/mol. The van der Waals surface area contributed by atoms with Crippen LogP contribution in [0, 0.1) is 0 Å². The maximum Gasteiger partial charge on any atom is 0.422 e. The molecule has 2 bridgehead atoms. The number of hydrogen-bond acceptors (Lipinski definition) is 5. The van der Waals surface area contributed by atoms with Gasteiger partial charge in [-0.25, -0.2) is 0 Å². The smallest absolute Gasteiger partial charge is 0.422 e. The van der Waals surface area contributed by atoms with Gasteiger partial charge in [0.05, 0.1) is 18.3 Å².